The van der Waals surface area contributed by atoms with Gasteiger partial charge in [0.15, 0.2) is 5.65 Å². The highest BCUT2D eigenvalue weighted by Gasteiger charge is 2.21. The summed E-state index contributed by atoms with van der Waals surface area (Å²) in [7, 11) is 2.02. The van der Waals surface area contributed by atoms with E-state index in [1.807, 2.05) is 7.05 Å². The quantitative estimate of drug-likeness (QED) is 0.721. The molecule has 4 nitrogen and oxygen atoms in total. The molecule has 4 heteroatoms. The molecule has 2 heterocycles. The van der Waals surface area contributed by atoms with Crippen LogP contribution in [0.25, 0.3) is 22.6 Å². The summed E-state index contributed by atoms with van der Waals surface area (Å²) in [6, 6.07) is 8.38. The van der Waals surface area contributed by atoms with Gasteiger partial charge < -0.3 is 4.57 Å². The number of aromatic nitrogens is 4. The number of aryl methyl sites for hydroxylation is 2. The van der Waals surface area contributed by atoms with E-state index in [-0.39, 0.29) is 0 Å². The predicted octanol–water partition coefficient (Wildman–Crippen LogP) is 3.80. The van der Waals surface area contributed by atoms with E-state index in [9.17, 15) is 0 Å². The van der Waals surface area contributed by atoms with Gasteiger partial charge in [0, 0.05) is 18.5 Å². The summed E-state index contributed by atoms with van der Waals surface area (Å²) in [5.41, 5.74) is 3.97. The summed E-state index contributed by atoms with van der Waals surface area (Å²) >= 11 is 0. The Labute approximate surface area is 130 Å². The number of hydrogen-bond acceptors (Lipinski definition) is 3. The Morgan fingerprint density at radius 3 is 2.77 bits per heavy atom. The maximum atomic E-state index is 4.78. The fourth-order valence-electron chi connectivity index (χ4n) is 3.35. The van der Waals surface area contributed by atoms with E-state index in [4.69, 9.17) is 4.98 Å². The third kappa shape index (κ3) is 2.19. The Bertz CT molecular complexity index is 828. The van der Waals surface area contributed by atoms with Crippen LogP contribution in [0.2, 0.25) is 0 Å². The molecular formula is C18H19N4. The second-order valence-electron chi connectivity index (χ2n) is 6.21. The lowest BCUT2D eigenvalue weighted by Gasteiger charge is -2.07. The molecule has 0 bridgehead atoms. The first-order valence-corrected chi connectivity index (χ1v) is 7.91. The van der Waals surface area contributed by atoms with Gasteiger partial charge in [-0.25, -0.2) is 15.0 Å². The highest BCUT2D eigenvalue weighted by molar-refractivity contribution is 5.76. The number of hydrogen-bond donors (Lipinski definition) is 0. The maximum Gasteiger partial charge on any atom is 0.164 e. The summed E-state index contributed by atoms with van der Waals surface area (Å²) in [6.45, 7) is 2.09. The Balaban J connectivity index is 1.83. The van der Waals surface area contributed by atoms with Crippen LogP contribution in [0.1, 0.15) is 43.0 Å². The van der Waals surface area contributed by atoms with Gasteiger partial charge in [0.2, 0.25) is 0 Å². The molecule has 0 amide bonds. The minimum atomic E-state index is 0.498. The third-order valence-corrected chi connectivity index (χ3v) is 4.56. The zero-order chi connectivity index (χ0) is 15.1. The van der Waals surface area contributed by atoms with Gasteiger partial charge in [0.1, 0.15) is 23.4 Å². The molecule has 0 spiro atoms. The van der Waals surface area contributed by atoms with Crippen molar-refractivity contribution in [3.8, 4) is 11.4 Å². The highest BCUT2D eigenvalue weighted by Crippen LogP contribution is 2.32. The number of rotatable bonds is 2. The Morgan fingerprint density at radius 1 is 1.18 bits per heavy atom. The normalized spacial score (nSPS) is 15.7. The molecule has 0 saturated heterocycles. The Kier molecular flexibility index (Phi) is 3.17. The van der Waals surface area contributed by atoms with E-state index in [2.05, 4.69) is 51.9 Å². The standard InChI is InChI=1S/C18H19N4/c1-12-6-5-9-14(10-12)17-20-15-11-19-16(13-7-3-4-8-13)21-18(15)22(17)2/h5-6,9-10,13H,3-4,7-8H2,1-2H3. The zero-order valence-corrected chi connectivity index (χ0v) is 13.0. The number of benzene rings is 1. The van der Waals surface area contributed by atoms with Gasteiger partial charge >= 0.3 is 0 Å². The van der Waals surface area contributed by atoms with E-state index >= 15 is 0 Å². The molecule has 0 N–H and O–H groups in total. The largest absolute Gasteiger partial charge is 0.312 e. The van der Waals surface area contributed by atoms with Gasteiger partial charge in [-0.2, -0.15) is 0 Å². The lowest BCUT2D eigenvalue weighted by Crippen LogP contribution is -2.02. The molecule has 1 aromatic carbocycles. The van der Waals surface area contributed by atoms with Crippen molar-refractivity contribution in [2.75, 3.05) is 0 Å². The Morgan fingerprint density at radius 2 is 2.00 bits per heavy atom. The van der Waals surface area contributed by atoms with Crippen LogP contribution in [0.5, 0.6) is 0 Å². The van der Waals surface area contributed by atoms with Gasteiger partial charge in [-0.05, 0) is 25.8 Å². The van der Waals surface area contributed by atoms with Gasteiger partial charge in [0.05, 0.1) is 0 Å². The molecule has 1 aliphatic carbocycles. The molecule has 111 valence electrons. The lowest BCUT2D eigenvalue weighted by molar-refractivity contribution is 0.669. The minimum Gasteiger partial charge on any atom is -0.312 e. The zero-order valence-electron chi connectivity index (χ0n) is 13.0. The van der Waals surface area contributed by atoms with Crippen molar-refractivity contribution < 1.29 is 0 Å². The van der Waals surface area contributed by atoms with E-state index in [0.717, 1.165) is 28.4 Å². The van der Waals surface area contributed by atoms with Crippen LogP contribution in [-0.4, -0.2) is 19.5 Å². The maximum absolute atomic E-state index is 4.78. The van der Waals surface area contributed by atoms with Crippen molar-refractivity contribution in [3.05, 3.63) is 41.9 Å². The van der Waals surface area contributed by atoms with Crippen molar-refractivity contribution in [2.45, 2.75) is 38.5 Å². The van der Waals surface area contributed by atoms with Crippen LogP contribution in [0.3, 0.4) is 0 Å². The second-order valence-corrected chi connectivity index (χ2v) is 6.21. The molecule has 0 unspecified atom stereocenters. The SMILES string of the molecule is Cc1cccc(-c2nc3[c]nc(C4CCCC4)nc3n2C)c1. The van der Waals surface area contributed by atoms with Gasteiger partial charge in [-0.15, -0.1) is 0 Å². The van der Waals surface area contributed by atoms with Gasteiger partial charge in [-0.3, -0.25) is 0 Å². The minimum absolute atomic E-state index is 0.498. The number of nitrogens with zero attached hydrogens (tertiary/aromatic N) is 4. The van der Waals surface area contributed by atoms with Crippen LogP contribution >= 0.6 is 0 Å². The number of fused-ring (bicyclic) bond motifs is 1. The van der Waals surface area contributed by atoms with Gasteiger partial charge in [-0.1, -0.05) is 36.6 Å². The van der Waals surface area contributed by atoms with Crippen molar-refractivity contribution in [2.24, 2.45) is 7.05 Å². The van der Waals surface area contributed by atoms with Crippen molar-refractivity contribution in [1.82, 2.24) is 19.5 Å². The first kappa shape index (κ1) is 13.4. The Hall–Kier alpha value is -2.23. The average molecular weight is 291 g/mol. The summed E-state index contributed by atoms with van der Waals surface area (Å²) in [6.07, 6.45) is 8.06. The summed E-state index contributed by atoms with van der Waals surface area (Å²) in [5, 5.41) is 0. The van der Waals surface area contributed by atoms with Crippen molar-refractivity contribution in [3.63, 3.8) is 0 Å². The van der Waals surface area contributed by atoms with Crippen molar-refractivity contribution >= 4 is 11.2 Å². The molecule has 1 aliphatic rings. The predicted molar refractivity (Wildman–Crippen MR) is 86.5 cm³/mol. The van der Waals surface area contributed by atoms with Crippen molar-refractivity contribution in [1.29, 1.82) is 0 Å². The monoisotopic (exact) mass is 291 g/mol. The molecule has 2 aromatic heterocycles. The molecule has 3 aromatic rings. The van der Waals surface area contributed by atoms with Crippen LogP contribution in [0.15, 0.2) is 24.3 Å². The molecule has 1 fully saturated rings. The molecule has 1 radical (unpaired) electrons. The third-order valence-electron chi connectivity index (χ3n) is 4.56. The first-order chi connectivity index (χ1) is 10.7. The summed E-state index contributed by atoms with van der Waals surface area (Å²) in [5.74, 6) is 2.36. The molecular weight excluding hydrogens is 272 g/mol. The summed E-state index contributed by atoms with van der Waals surface area (Å²) < 4.78 is 2.06. The molecule has 1 saturated carbocycles. The summed E-state index contributed by atoms with van der Waals surface area (Å²) in [4.78, 5) is 13.9. The second kappa shape index (κ2) is 5.20. The highest BCUT2D eigenvalue weighted by atomic mass is 15.1. The molecule has 22 heavy (non-hydrogen) atoms. The number of imidazole rings is 1. The van der Waals surface area contributed by atoms with E-state index < -0.39 is 0 Å². The van der Waals surface area contributed by atoms with Crippen LogP contribution in [0, 0.1) is 13.1 Å². The lowest BCUT2D eigenvalue weighted by atomic mass is 10.1. The van der Waals surface area contributed by atoms with E-state index in [1.165, 1.54) is 31.2 Å². The fraction of sp³-hybridized carbons (Fsp3) is 0.389. The van der Waals surface area contributed by atoms with Crippen LogP contribution in [-0.2, 0) is 7.05 Å². The smallest absolute Gasteiger partial charge is 0.164 e. The molecule has 0 atom stereocenters. The molecule has 4 rings (SSSR count). The first-order valence-electron chi connectivity index (χ1n) is 7.91. The van der Waals surface area contributed by atoms with Crippen LogP contribution < -0.4 is 0 Å². The average Bonchev–Trinajstić information content (AvgIpc) is 3.16. The fourth-order valence-corrected chi connectivity index (χ4v) is 3.35. The van der Waals surface area contributed by atoms with E-state index in [0.29, 0.717) is 5.92 Å². The van der Waals surface area contributed by atoms with Crippen LogP contribution in [0.4, 0.5) is 0 Å². The van der Waals surface area contributed by atoms with E-state index in [1.54, 1.807) is 0 Å². The molecule has 0 aliphatic heterocycles. The topological polar surface area (TPSA) is 43.6 Å². The van der Waals surface area contributed by atoms with Gasteiger partial charge in [0.25, 0.3) is 0 Å².